The molecule has 1 saturated carbocycles. The average Bonchev–Trinajstić information content (AvgIpc) is 2.96. The summed E-state index contributed by atoms with van der Waals surface area (Å²) in [6, 6.07) is 0.393. The van der Waals surface area contributed by atoms with Gasteiger partial charge in [0, 0.05) is 18.6 Å². The highest BCUT2D eigenvalue weighted by Crippen LogP contribution is 2.29. The summed E-state index contributed by atoms with van der Waals surface area (Å²) in [4.78, 5) is 13.9. The molecule has 0 aliphatic heterocycles. The lowest BCUT2D eigenvalue weighted by Gasteiger charge is -2.24. The van der Waals surface area contributed by atoms with Gasteiger partial charge in [-0.05, 0) is 19.3 Å². The van der Waals surface area contributed by atoms with E-state index in [-0.39, 0.29) is 24.5 Å². The van der Waals surface area contributed by atoms with Crippen molar-refractivity contribution in [1.29, 1.82) is 0 Å². The number of hydrogen-bond acceptors (Lipinski definition) is 3. The topological polar surface area (TPSA) is 66.6 Å². The third-order valence-electron chi connectivity index (χ3n) is 3.05. The molecule has 15 heavy (non-hydrogen) atoms. The van der Waals surface area contributed by atoms with Gasteiger partial charge in [-0.2, -0.15) is 0 Å². The van der Waals surface area contributed by atoms with E-state index < -0.39 is 0 Å². The second-order valence-electron chi connectivity index (χ2n) is 4.38. The zero-order chi connectivity index (χ0) is 10.8. The number of carbonyl (C=O) groups is 1. The van der Waals surface area contributed by atoms with Crippen LogP contribution >= 0.6 is 0 Å². The van der Waals surface area contributed by atoms with Crippen LogP contribution in [0.25, 0.3) is 0 Å². The van der Waals surface area contributed by atoms with Crippen molar-refractivity contribution in [1.82, 2.24) is 4.90 Å². The highest BCUT2D eigenvalue weighted by atomic mass is 16.3. The summed E-state index contributed by atoms with van der Waals surface area (Å²) in [6.45, 7) is 0.508. The summed E-state index contributed by atoms with van der Waals surface area (Å²) in [7, 11) is 0. The molecule has 2 aliphatic carbocycles. The van der Waals surface area contributed by atoms with Gasteiger partial charge >= 0.3 is 0 Å². The summed E-state index contributed by atoms with van der Waals surface area (Å²) in [5.74, 6) is 0.0721. The normalized spacial score (nSPS) is 29.5. The van der Waals surface area contributed by atoms with Crippen molar-refractivity contribution in [2.75, 3.05) is 13.2 Å². The molecule has 1 fully saturated rings. The molecule has 2 unspecified atom stereocenters. The fourth-order valence-electron chi connectivity index (χ4n) is 2.09. The number of nitrogens with zero attached hydrogens (tertiary/aromatic N) is 1. The minimum atomic E-state index is -0.0628. The van der Waals surface area contributed by atoms with Crippen LogP contribution in [0.2, 0.25) is 0 Å². The minimum absolute atomic E-state index is 0.0223. The number of carbonyl (C=O) groups excluding carboxylic acids is 1. The first-order valence-electron chi connectivity index (χ1n) is 5.57. The molecule has 0 aromatic heterocycles. The Kier molecular flexibility index (Phi) is 3.07. The van der Waals surface area contributed by atoms with Crippen molar-refractivity contribution in [3.8, 4) is 0 Å². The van der Waals surface area contributed by atoms with Crippen LogP contribution in [0.5, 0.6) is 0 Å². The lowest BCUT2D eigenvalue weighted by molar-refractivity contribution is -0.135. The molecule has 0 heterocycles. The molecule has 84 valence electrons. The van der Waals surface area contributed by atoms with E-state index in [2.05, 4.69) is 0 Å². The lowest BCUT2D eigenvalue weighted by atomic mass is 10.1. The van der Waals surface area contributed by atoms with E-state index in [1.807, 2.05) is 17.1 Å². The molecule has 2 atom stereocenters. The van der Waals surface area contributed by atoms with Gasteiger partial charge < -0.3 is 15.7 Å². The first-order chi connectivity index (χ1) is 7.22. The van der Waals surface area contributed by atoms with Gasteiger partial charge in [-0.3, -0.25) is 4.79 Å². The van der Waals surface area contributed by atoms with Crippen LogP contribution in [0.1, 0.15) is 19.3 Å². The summed E-state index contributed by atoms with van der Waals surface area (Å²) >= 11 is 0. The molecule has 0 radical (unpaired) electrons. The number of amides is 1. The van der Waals surface area contributed by atoms with Gasteiger partial charge in [0.05, 0.1) is 12.5 Å². The zero-order valence-corrected chi connectivity index (χ0v) is 8.80. The molecule has 4 heteroatoms. The molecule has 0 spiro atoms. The molecule has 3 N–H and O–H groups in total. The SMILES string of the molecule is NC1C=CC(C(=O)N(CCO)C2CC2)C1. The van der Waals surface area contributed by atoms with Crippen LogP contribution in [-0.4, -0.2) is 41.1 Å². The van der Waals surface area contributed by atoms with E-state index >= 15 is 0 Å². The Morgan fingerprint density at radius 3 is 2.67 bits per heavy atom. The predicted molar refractivity (Wildman–Crippen MR) is 57.0 cm³/mol. The van der Waals surface area contributed by atoms with Crippen LogP contribution in [0.3, 0.4) is 0 Å². The standard InChI is InChI=1S/C11H18N2O2/c12-9-2-1-8(7-9)11(15)13(5-6-14)10-3-4-10/h1-2,8-10,14H,3-7,12H2. The first-order valence-corrected chi connectivity index (χ1v) is 5.57. The Hall–Kier alpha value is -0.870. The number of aliphatic hydroxyl groups is 1. The smallest absolute Gasteiger partial charge is 0.229 e. The van der Waals surface area contributed by atoms with Crippen LogP contribution in [0.15, 0.2) is 12.2 Å². The third-order valence-corrected chi connectivity index (χ3v) is 3.05. The monoisotopic (exact) mass is 210 g/mol. The maximum Gasteiger partial charge on any atom is 0.229 e. The quantitative estimate of drug-likeness (QED) is 0.635. The van der Waals surface area contributed by atoms with E-state index in [0.29, 0.717) is 19.0 Å². The highest BCUT2D eigenvalue weighted by Gasteiger charge is 2.35. The van der Waals surface area contributed by atoms with Gasteiger partial charge in [0.25, 0.3) is 0 Å². The van der Waals surface area contributed by atoms with Gasteiger partial charge in [0.2, 0.25) is 5.91 Å². The third kappa shape index (κ3) is 2.38. The average molecular weight is 210 g/mol. The van der Waals surface area contributed by atoms with Crippen molar-refractivity contribution in [2.45, 2.75) is 31.3 Å². The molecule has 1 amide bonds. The van der Waals surface area contributed by atoms with Gasteiger partial charge in [0.1, 0.15) is 0 Å². The fraction of sp³-hybridized carbons (Fsp3) is 0.727. The van der Waals surface area contributed by atoms with Crippen molar-refractivity contribution >= 4 is 5.91 Å². The summed E-state index contributed by atoms with van der Waals surface area (Å²) in [6.07, 6.45) is 6.67. The largest absolute Gasteiger partial charge is 0.395 e. The lowest BCUT2D eigenvalue weighted by Crippen LogP contribution is -2.39. The maximum atomic E-state index is 12.1. The number of rotatable bonds is 4. The Morgan fingerprint density at radius 1 is 1.47 bits per heavy atom. The Morgan fingerprint density at radius 2 is 2.20 bits per heavy atom. The van der Waals surface area contributed by atoms with E-state index in [1.165, 1.54) is 0 Å². The Balaban J connectivity index is 1.95. The molecule has 2 aliphatic rings. The summed E-state index contributed by atoms with van der Waals surface area (Å²) in [5.41, 5.74) is 5.72. The van der Waals surface area contributed by atoms with Gasteiger partial charge in [0.15, 0.2) is 0 Å². The van der Waals surface area contributed by atoms with Crippen molar-refractivity contribution in [3.05, 3.63) is 12.2 Å². The predicted octanol–water partition coefficient (Wildman–Crippen LogP) is -0.127. The van der Waals surface area contributed by atoms with E-state index in [9.17, 15) is 4.79 Å². The molecule has 0 aromatic carbocycles. The first kappa shape index (κ1) is 10.6. The van der Waals surface area contributed by atoms with Gasteiger partial charge in [-0.1, -0.05) is 12.2 Å². The minimum Gasteiger partial charge on any atom is -0.395 e. The van der Waals surface area contributed by atoms with Gasteiger partial charge in [-0.25, -0.2) is 0 Å². The van der Waals surface area contributed by atoms with Crippen LogP contribution < -0.4 is 5.73 Å². The molecular formula is C11H18N2O2. The molecule has 0 aromatic rings. The molecule has 0 bridgehead atoms. The Labute approximate surface area is 89.7 Å². The zero-order valence-electron chi connectivity index (χ0n) is 8.80. The fourth-order valence-corrected chi connectivity index (χ4v) is 2.09. The molecule has 0 saturated heterocycles. The second-order valence-corrected chi connectivity index (χ2v) is 4.38. The summed E-state index contributed by atoms with van der Waals surface area (Å²) in [5, 5.41) is 8.92. The molecule has 2 rings (SSSR count). The van der Waals surface area contributed by atoms with E-state index in [0.717, 1.165) is 12.8 Å². The van der Waals surface area contributed by atoms with Crippen molar-refractivity contribution < 1.29 is 9.90 Å². The van der Waals surface area contributed by atoms with E-state index in [1.54, 1.807) is 0 Å². The van der Waals surface area contributed by atoms with Crippen LogP contribution in [0.4, 0.5) is 0 Å². The van der Waals surface area contributed by atoms with Crippen molar-refractivity contribution in [2.24, 2.45) is 11.7 Å². The van der Waals surface area contributed by atoms with Crippen LogP contribution in [-0.2, 0) is 4.79 Å². The number of nitrogens with two attached hydrogens (primary N) is 1. The number of hydrogen-bond donors (Lipinski definition) is 2. The summed E-state index contributed by atoms with van der Waals surface area (Å²) < 4.78 is 0. The molecule has 4 nitrogen and oxygen atoms in total. The Bertz CT molecular complexity index is 274. The van der Waals surface area contributed by atoms with Gasteiger partial charge in [-0.15, -0.1) is 0 Å². The van der Waals surface area contributed by atoms with Crippen molar-refractivity contribution in [3.63, 3.8) is 0 Å². The maximum absolute atomic E-state index is 12.1. The van der Waals surface area contributed by atoms with E-state index in [4.69, 9.17) is 10.8 Å². The van der Waals surface area contributed by atoms with Crippen LogP contribution in [0, 0.1) is 5.92 Å². The second kappa shape index (κ2) is 4.33. The highest BCUT2D eigenvalue weighted by molar-refractivity contribution is 5.81. The molecular weight excluding hydrogens is 192 g/mol. The number of aliphatic hydroxyl groups excluding tert-OH is 1.